The highest BCUT2D eigenvalue weighted by molar-refractivity contribution is 6.15. The van der Waals surface area contributed by atoms with Gasteiger partial charge in [-0.25, -0.2) is 0 Å². The summed E-state index contributed by atoms with van der Waals surface area (Å²) >= 11 is 0. The van der Waals surface area contributed by atoms with Crippen LogP contribution < -0.4 is 5.73 Å². The van der Waals surface area contributed by atoms with Crippen LogP contribution in [0.5, 0.6) is 0 Å². The van der Waals surface area contributed by atoms with Crippen molar-refractivity contribution in [3.63, 3.8) is 0 Å². The zero-order valence-corrected chi connectivity index (χ0v) is 13.2. The SMILES string of the molecule is CCN=C(c1ccc(-c2ccccc2)cc1)c1ccccc1N. The monoisotopic (exact) mass is 300 g/mol. The van der Waals surface area contributed by atoms with Crippen LogP contribution in [0, 0.1) is 0 Å². The molecule has 0 amide bonds. The lowest BCUT2D eigenvalue weighted by atomic mass is 9.97. The molecular weight excluding hydrogens is 280 g/mol. The molecule has 0 saturated heterocycles. The fourth-order valence-electron chi connectivity index (χ4n) is 2.65. The van der Waals surface area contributed by atoms with Crippen molar-refractivity contribution in [2.24, 2.45) is 4.99 Å². The van der Waals surface area contributed by atoms with Crippen molar-refractivity contribution in [3.8, 4) is 11.1 Å². The third kappa shape index (κ3) is 3.32. The van der Waals surface area contributed by atoms with Gasteiger partial charge < -0.3 is 5.73 Å². The van der Waals surface area contributed by atoms with Gasteiger partial charge in [-0.15, -0.1) is 0 Å². The van der Waals surface area contributed by atoms with E-state index in [2.05, 4.69) is 53.5 Å². The van der Waals surface area contributed by atoms with Crippen molar-refractivity contribution in [2.45, 2.75) is 6.92 Å². The van der Waals surface area contributed by atoms with E-state index in [0.717, 1.165) is 29.1 Å². The van der Waals surface area contributed by atoms with Gasteiger partial charge >= 0.3 is 0 Å². The molecule has 0 aromatic heterocycles. The molecule has 3 aromatic rings. The van der Waals surface area contributed by atoms with Gasteiger partial charge in [0, 0.05) is 23.4 Å². The van der Waals surface area contributed by atoms with Crippen LogP contribution in [0.4, 0.5) is 5.69 Å². The summed E-state index contributed by atoms with van der Waals surface area (Å²) in [6.07, 6.45) is 0. The second-order valence-electron chi connectivity index (χ2n) is 5.35. The van der Waals surface area contributed by atoms with Crippen molar-refractivity contribution in [1.29, 1.82) is 0 Å². The lowest BCUT2D eigenvalue weighted by molar-refractivity contribution is 1.13. The van der Waals surface area contributed by atoms with Gasteiger partial charge in [-0.05, 0) is 24.1 Å². The number of hydrogen-bond acceptors (Lipinski definition) is 2. The molecule has 0 heterocycles. The van der Waals surface area contributed by atoms with Crippen molar-refractivity contribution in [2.75, 3.05) is 12.3 Å². The van der Waals surface area contributed by atoms with Gasteiger partial charge in [-0.1, -0.05) is 72.8 Å². The number of para-hydroxylation sites is 1. The van der Waals surface area contributed by atoms with Crippen LogP contribution in [0.25, 0.3) is 11.1 Å². The molecule has 0 aliphatic carbocycles. The Morgan fingerprint density at radius 1 is 0.783 bits per heavy atom. The number of nitrogens with zero attached hydrogens (tertiary/aromatic N) is 1. The average molecular weight is 300 g/mol. The van der Waals surface area contributed by atoms with Crippen molar-refractivity contribution >= 4 is 11.4 Å². The number of rotatable bonds is 4. The van der Waals surface area contributed by atoms with Gasteiger partial charge in [-0.3, -0.25) is 4.99 Å². The summed E-state index contributed by atoms with van der Waals surface area (Å²) in [6, 6.07) is 26.7. The van der Waals surface area contributed by atoms with Gasteiger partial charge in [0.15, 0.2) is 0 Å². The molecule has 0 unspecified atom stereocenters. The molecular formula is C21H20N2. The lowest BCUT2D eigenvalue weighted by Crippen LogP contribution is -2.07. The average Bonchev–Trinajstić information content (AvgIpc) is 2.61. The van der Waals surface area contributed by atoms with Gasteiger partial charge in [0.05, 0.1) is 5.71 Å². The van der Waals surface area contributed by atoms with E-state index in [0.29, 0.717) is 0 Å². The maximum Gasteiger partial charge on any atom is 0.0739 e. The summed E-state index contributed by atoms with van der Waals surface area (Å²) in [6.45, 7) is 2.77. The molecule has 114 valence electrons. The number of hydrogen-bond donors (Lipinski definition) is 1. The molecule has 3 rings (SSSR count). The smallest absolute Gasteiger partial charge is 0.0739 e. The summed E-state index contributed by atoms with van der Waals surface area (Å²) in [5.74, 6) is 0. The van der Waals surface area contributed by atoms with E-state index in [-0.39, 0.29) is 0 Å². The molecule has 3 aromatic carbocycles. The zero-order chi connectivity index (χ0) is 16.1. The van der Waals surface area contributed by atoms with E-state index in [4.69, 9.17) is 5.73 Å². The Hall–Kier alpha value is -2.87. The van der Waals surface area contributed by atoms with Crippen LogP contribution in [0.2, 0.25) is 0 Å². The molecule has 2 heteroatoms. The maximum absolute atomic E-state index is 6.13. The topological polar surface area (TPSA) is 38.4 Å². The van der Waals surface area contributed by atoms with Gasteiger partial charge in [0.2, 0.25) is 0 Å². The van der Waals surface area contributed by atoms with E-state index in [1.807, 2.05) is 37.3 Å². The van der Waals surface area contributed by atoms with Crippen LogP contribution in [0.15, 0.2) is 83.9 Å². The Morgan fingerprint density at radius 3 is 2.04 bits per heavy atom. The highest BCUT2D eigenvalue weighted by Crippen LogP contribution is 2.22. The van der Waals surface area contributed by atoms with E-state index < -0.39 is 0 Å². The van der Waals surface area contributed by atoms with E-state index in [1.165, 1.54) is 11.1 Å². The lowest BCUT2D eigenvalue weighted by Gasteiger charge is -2.11. The van der Waals surface area contributed by atoms with Gasteiger partial charge in [0.25, 0.3) is 0 Å². The van der Waals surface area contributed by atoms with Crippen LogP contribution in [0.3, 0.4) is 0 Å². The highest BCUT2D eigenvalue weighted by atomic mass is 14.7. The normalized spacial score (nSPS) is 11.4. The molecule has 0 bridgehead atoms. The summed E-state index contributed by atoms with van der Waals surface area (Å²) in [4.78, 5) is 4.66. The third-order valence-electron chi connectivity index (χ3n) is 3.80. The minimum absolute atomic E-state index is 0.726. The Labute approximate surface area is 137 Å². The molecule has 0 saturated carbocycles. The van der Waals surface area contributed by atoms with Crippen molar-refractivity contribution < 1.29 is 0 Å². The first kappa shape index (κ1) is 15.0. The molecule has 0 fully saturated rings. The first-order valence-corrected chi connectivity index (χ1v) is 7.85. The summed E-state index contributed by atoms with van der Waals surface area (Å²) < 4.78 is 0. The van der Waals surface area contributed by atoms with Crippen molar-refractivity contribution in [3.05, 3.63) is 90.0 Å². The maximum atomic E-state index is 6.13. The highest BCUT2D eigenvalue weighted by Gasteiger charge is 2.09. The summed E-state index contributed by atoms with van der Waals surface area (Å²) in [5, 5.41) is 0. The predicted octanol–water partition coefficient (Wildman–Crippen LogP) is 4.79. The molecule has 0 aliphatic rings. The van der Waals surface area contributed by atoms with Gasteiger partial charge in [0.1, 0.15) is 0 Å². The summed E-state index contributed by atoms with van der Waals surface area (Å²) in [7, 11) is 0. The molecule has 0 aliphatic heterocycles. The molecule has 2 N–H and O–H groups in total. The number of nitrogen functional groups attached to an aromatic ring is 1. The molecule has 0 spiro atoms. The number of nitrogens with two attached hydrogens (primary N) is 1. The number of anilines is 1. The quantitative estimate of drug-likeness (QED) is 0.546. The van der Waals surface area contributed by atoms with Crippen molar-refractivity contribution in [1.82, 2.24) is 0 Å². The second-order valence-corrected chi connectivity index (χ2v) is 5.35. The molecule has 0 atom stereocenters. The Kier molecular flexibility index (Phi) is 4.53. The van der Waals surface area contributed by atoms with Crippen LogP contribution in [-0.2, 0) is 0 Å². The zero-order valence-electron chi connectivity index (χ0n) is 13.2. The Balaban J connectivity index is 1.99. The first-order valence-electron chi connectivity index (χ1n) is 7.85. The Bertz CT molecular complexity index is 803. The van der Waals surface area contributed by atoms with Crippen LogP contribution in [0.1, 0.15) is 18.1 Å². The van der Waals surface area contributed by atoms with Crippen LogP contribution >= 0.6 is 0 Å². The Morgan fingerprint density at radius 2 is 1.39 bits per heavy atom. The minimum Gasteiger partial charge on any atom is -0.398 e. The van der Waals surface area contributed by atoms with E-state index in [9.17, 15) is 0 Å². The summed E-state index contributed by atoms with van der Waals surface area (Å²) in [5.41, 5.74) is 12.3. The van der Waals surface area contributed by atoms with E-state index in [1.54, 1.807) is 0 Å². The molecule has 2 nitrogen and oxygen atoms in total. The molecule has 23 heavy (non-hydrogen) atoms. The minimum atomic E-state index is 0.726. The largest absolute Gasteiger partial charge is 0.398 e. The third-order valence-corrected chi connectivity index (χ3v) is 3.80. The number of aliphatic imine (C=N–C) groups is 1. The predicted molar refractivity (Wildman–Crippen MR) is 98.9 cm³/mol. The molecule has 0 radical (unpaired) electrons. The fraction of sp³-hybridized carbons (Fsp3) is 0.0952. The second kappa shape index (κ2) is 6.93. The first-order chi connectivity index (χ1) is 11.3. The number of benzene rings is 3. The fourth-order valence-corrected chi connectivity index (χ4v) is 2.65. The standard InChI is InChI=1S/C21H20N2/c1-2-23-21(19-10-6-7-11-20(19)22)18-14-12-17(13-15-18)16-8-4-3-5-9-16/h3-15H,2,22H2,1H3. The van der Waals surface area contributed by atoms with E-state index >= 15 is 0 Å². The van der Waals surface area contributed by atoms with Crippen LogP contribution in [-0.4, -0.2) is 12.3 Å². The van der Waals surface area contributed by atoms with Gasteiger partial charge in [-0.2, -0.15) is 0 Å².